The second-order valence-corrected chi connectivity index (χ2v) is 6.18. The van der Waals surface area contributed by atoms with E-state index in [0.29, 0.717) is 23.2 Å². The molecule has 0 bridgehead atoms. The molecule has 2 unspecified atom stereocenters. The summed E-state index contributed by atoms with van der Waals surface area (Å²) in [5.41, 5.74) is 2.88. The van der Waals surface area contributed by atoms with Crippen LogP contribution in [0.2, 0.25) is 5.15 Å². The number of anilines is 1. The maximum atomic E-state index is 12.3. The molecule has 1 aromatic rings. The number of halogens is 1. The summed E-state index contributed by atoms with van der Waals surface area (Å²) in [7, 11) is 0. The van der Waals surface area contributed by atoms with E-state index >= 15 is 0 Å². The number of nitrogens with zero attached hydrogens (tertiary/aromatic N) is 1. The van der Waals surface area contributed by atoms with Gasteiger partial charge in [-0.2, -0.15) is 0 Å². The molecule has 20 heavy (non-hydrogen) atoms. The van der Waals surface area contributed by atoms with Crippen molar-refractivity contribution in [3.63, 3.8) is 0 Å². The van der Waals surface area contributed by atoms with Crippen molar-refractivity contribution in [1.29, 1.82) is 0 Å². The minimum Gasteiger partial charge on any atom is -0.349 e. The number of nitrogens with two attached hydrogens (primary N) is 1. The highest BCUT2D eigenvalue weighted by Gasteiger charge is 2.25. The average molecular weight is 297 g/mol. The van der Waals surface area contributed by atoms with E-state index in [0.717, 1.165) is 12.8 Å². The number of aromatic nitrogens is 1. The SMILES string of the molecule is CC1CC(C)CC(NC(=O)c2cc(Cl)nc(NN)c2)C1. The van der Waals surface area contributed by atoms with E-state index in [1.807, 2.05) is 0 Å². The van der Waals surface area contributed by atoms with Crippen LogP contribution < -0.4 is 16.6 Å². The molecule has 0 aliphatic heterocycles. The average Bonchev–Trinajstić information content (AvgIpc) is 2.36. The lowest BCUT2D eigenvalue weighted by Crippen LogP contribution is -2.40. The summed E-state index contributed by atoms with van der Waals surface area (Å²) in [4.78, 5) is 16.2. The molecule has 2 rings (SSSR count). The van der Waals surface area contributed by atoms with Gasteiger partial charge in [0.25, 0.3) is 5.91 Å². The van der Waals surface area contributed by atoms with Crippen LogP contribution in [0.25, 0.3) is 0 Å². The molecular weight excluding hydrogens is 276 g/mol. The first-order valence-electron chi connectivity index (χ1n) is 6.93. The van der Waals surface area contributed by atoms with Crippen LogP contribution in [0.4, 0.5) is 5.82 Å². The predicted molar refractivity (Wildman–Crippen MR) is 80.5 cm³/mol. The molecule has 110 valence electrons. The van der Waals surface area contributed by atoms with Crippen LogP contribution in [0.3, 0.4) is 0 Å². The topological polar surface area (TPSA) is 80.0 Å². The number of hydrazine groups is 1. The van der Waals surface area contributed by atoms with Crippen molar-refractivity contribution in [2.24, 2.45) is 17.7 Å². The molecule has 1 saturated carbocycles. The number of amides is 1. The van der Waals surface area contributed by atoms with Crippen molar-refractivity contribution in [3.05, 3.63) is 22.8 Å². The number of pyridine rings is 1. The first kappa shape index (κ1) is 15.1. The lowest BCUT2D eigenvalue weighted by molar-refractivity contribution is 0.0911. The maximum absolute atomic E-state index is 12.3. The van der Waals surface area contributed by atoms with E-state index in [1.165, 1.54) is 6.42 Å². The third-order valence-corrected chi connectivity index (χ3v) is 3.91. The van der Waals surface area contributed by atoms with Crippen molar-refractivity contribution >= 4 is 23.3 Å². The highest BCUT2D eigenvalue weighted by Crippen LogP contribution is 2.28. The van der Waals surface area contributed by atoms with E-state index in [1.54, 1.807) is 12.1 Å². The summed E-state index contributed by atoms with van der Waals surface area (Å²) in [6.45, 7) is 4.46. The number of carbonyl (C=O) groups is 1. The fraction of sp³-hybridized carbons (Fsp3) is 0.571. The Bertz CT molecular complexity index is 484. The Morgan fingerprint density at radius 1 is 1.30 bits per heavy atom. The number of carbonyl (C=O) groups excluding carboxylic acids is 1. The molecule has 2 atom stereocenters. The van der Waals surface area contributed by atoms with Gasteiger partial charge in [0.1, 0.15) is 11.0 Å². The molecule has 4 N–H and O–H groups in total. The molecule has 0 radical (unpaired) electrons. The summed E-state index contributed by atoms with van der Waals surface area (Å²) >= 11 is 5.88. The van der Waals surface area contributed by atoms with Crippen LogP contribution in [0.15, 0.2) is 12.1 Å². The molecule has 6 heteroatoms. The van der Waals surface area contributed by atoms with E-state index < -0.39 is 0 Å². The Morgan fingerprint density at radius 2 is 1.95 bits per heavy atom. The minimum atomic E-state index is -0.128. The van der Waals surface area contributed by atoms with E-state index in [-0.39, 0.29) is 17.1 Å². The highest BCUT2D eigenvalue weighted by atomic mass is 35.5. The Labute approximate surface area is 124 Å². The zero-order valence-electron chi connectivity index (χ0n) is 11.8. The Kier molecular flexibility index (Phi) is 4.83. The first-order valence-corrected chi connectivity index (χ1v) is 7.30. The Hall–Kier alpha value is -1.33. The van der Waals surface area contributed by atoms with E-state index in [9.17, 15) is 4.79 Å². The normalized spacial score (nSPS) is 26.1. The predicted octanol–water partition coefficient (Wildman–Crippen LogP) is 2.58. The van der Waals surface area contributed by atoms with E-state index in [2.05, 4.69) is 29.6 Å². The summed E-state index contributed by atoms with van der Waals surface area (Å²) in [6.07, 6.45) is 3.28. The van der Waals surface area contributed by atoms with Crippen LogP contribution in [0.1, 0.15) is 43.5 Å². The van der Waals surface area contributed by atoms with Gasteiger partial charge in [-0.1, -0.05) is 25.4 Å². The number of rotatable bonds is 3. The third-order valence-electron chi connectivity index (χ3n) is 3.72. The van der Waals surface area contributed by atoms with Crippen LogP contribution in [-0.4, -0.2) is 16.9 Å². The van der Waals surface area contributed by atoms with Crippen molar-refractivity contribution in [2.45, 2.75) is 39.2 Å². The van der Waals surface area contributed by atoms with Crippen LogP contribution in [0, 0.1) is 11.8 Å². The van der Waals surface area contributed by atoms with Gasteiger partial charge in [0.2, 0.25) is 0 Å². The van der Waals surface area contributed by atoms with Gasteiger partial charge in [-0.25, -0.2) is 10.8 Å². The molecule has 1 aliphatic carbocycles. The zero-order valence-corrected chi connectivity index (χ0v) is 12.6. The fourth-order valence-electron chi connectivity index (χ4n) is 3.04. The molecule has 1 fully saturated rings. The summed E-state index contributed by atoms with van der Waals surface area (Å²) in [5.74, 6) is 6.85. The van der Waals surface area contributed by atoms with Crippen molar-refractivity contribution in [2.75, 3.05) is 5.43 Å². The molecule has 1 aliphatic rings. The minimum absolute atomic E-state index is 0.128. The zero-order chi connectivity index (χ0) is 14.7. The monoisotopic (exact) mass is 296 g/mol. The lowest BCUT2D eigenvalue weighted by Gasteiger charge is -2.32. The smallest absolute Gasteiger partial charge is 0.251 e. The number of nitrogens with one attached hydrogen (secondary N) is 2. The standard InChI is InChI=1S/C14H21ClN4O/c1-8-3-9(2)5-11(4-8)17-14(20)10-6-12(15)18-13(7-10)19-16/h6-9,11H,3-5,16H2,1-2H3,(H,17,20)(H,18,19). The summed E-state index contributed by atoms with van der Waals surface area (Å²) in [6, 6.07) is 3.37. The van der Waals surface area contributed by atoms with Crippen LogP contribution in [0.5, 0.6) is 0 Å². The second kappa shape index (κ2) is 6.41. The number of hydrogen-bond donors (Lipinski definition) is 3. The van der Waals surface area contributed by atoms with Gasteiger partial charge >= 0.3 is 0 Å². The van der Waals surface area contributed by atoms with Gasteiger partial charge < -0.3 is 10.7 Å². The van der Waals surface area contributed by atoms with Gasteiger partial charge in [-0.05, 0) is 43.2 Å². The molecule has 0 spiro atoms. The second-order valence-electron chi connectivity index (χ2n) is 5.80. The number of hydrogen-bond acceptors (Lipinski definition) is 4. The molecule has 5 nitrogen and oxygen atoms in total. The first-order chi connectivity index (χ1) is 9.47. The molecular formula is C14H21ClN4O. The Balaban J connectivity index is 2.06. The van der Waals surface area contributed by atoms with Crippen molar-refractivity contribution in [1.82, 2.24) is 10.3 Å². The molecule has 0 aromatic carbocycles. The van der Waals surface area contributed by atoms with Gasteiger partial charge in [0.15, 0.2) is 0 Å². The summed E-state index contributed by atoms with van der Waals surface area (Å²) < 4.78 is 0. The molecule has 1 aromatic heterocycles. The Morgan fingerprint density at radius 3 is 2.55 bits per heavy atom. The third kappa shape index (κ3) is 3.84. The lowest BCUT2D eigenvalue weighted by atomic mass is 9.80. The van der Waals surface area contributed by atoms with Gasteiger partial charge in [-0.15, -0.1) is 0 Å². The molecule has 1 amide bonds. The van der Waals surface area contributed by atoms with Crippen molar-refractivity contribution in [3.8, 4) is 0 Å². The van der Waals surface area contributed by atoms with Gasteiger partial charge in [0, 0.05) is 11.6 Å². The van der Waals surface area contributed by atoms with Crippen LogP contribution in [-0.2, 0) is 0 Å². The fourth-order valence-corrected chi connectivity index (χ4v) is 3.24. The summed E-state index contributed by atoms with van der Waals surface area (Å²) in [5, 5.41) is 3.33. The largest absolute Gasteiger partial charge is 0.349 e. The van der Waals surface area contributed by atoms with Crippen molar-refractivity contribution < 1.29 is 4.79 Å². The molecule has 0 saturated heterocycles. The number of nitrogen functional groups attached to an aromatic ring is 1. The van der Waals surface area contributed by atoms with E-state index in [4.69, 9.17) is 17.4 Å². The van der Waals surface area contributed by atoms with Gasteiger partial charge in [-0.3, -0.25) is 4.79 Å². The van der Waals surface area contributed by atoms with Crippen LogP contribution >= 0.6 is 11.6 Å². The maximum Gasteiger partial charge on any atom is 0.251 e. The van der Waals surface area contributed by atoms with Gasteiger partial charge in [0.05, 0.1) is 0 Å². The quantitative estimate of drug-likeness (QED) is 0.455. The highest BCUT2D eigenvalue weighted by molar-refractivity contribution is 6.29. The molecule has 1 heterocycles.